The minimum Gasteiger partial charge on any atom is -0.273 e. The first kappa shape index (κ1) is 13.5. The third kappa shape index (κ3) is 1.62. The summed E-state index contributed by atoms with van der Waals surface area (Å²) < 4.78 is 0. The van der Waals surface area contributed by atoms with Gasteiger partial charge in [-0.25, -0.2) is 0 Å². The Labute approximate surface area is 132 Å². The van der Waals surface area contributed by atoms with Crippen molar-refractivity contribution >= 4 is 11.3 Å². The highest BCUT2D eigenvalue weighted by molar-refractivity contribution is 6.06. The average molecular weight is 287 g/mol. The van der Waals surface area contributed by atoms with Gasteiger partial charge < -0.3 is 0 Å². The maximum atomic E-state index is 5.09. The lowest BCUT2D eigenvalue weighted by molar-refractivity contribution is 0.418. The fourth-order valence-electron chi connectivity index (χ4n) is 4.19. The summed E-state index contributed by atoms with van der Waals surface area (Å²) in [4.78, 5) is 5.09. The van der Waals surface area contributed by atoms with Gasteiger partial charge in [0.2, 0.25) is 0 Å². The Kier molecular flexibility index (Phi) is 2.72. The number of hydrogen-bond acceptors (Lipinski definition) is 1. The molecule has 1 aliphatic carbocycles. The van der Waals surface area contributed by atoms with Gasteiger partial charge in [0.15, 0.2) is 0 Å². The summed E-state index contributed by atoms with van der Waals surface area (Å²) in [5.41, 5.74) is 9.23. The second-order valence-electron chi connectivity index (χ2n) is 6.71. The molecule has 0 saturated carbocycles. The molecule has 1 heterocycles. The Balaban J connectivity index is 1.89. The lowest BCUT2D eigenvalue weighted by Gasteiger charge is -2.42. The molecule has 2 aromatic carbocycles. The molecule has 0 bridgehead atoms. The number of aryl methyl sites for hydroxylation is 2. The predicted octanol–water partition coefficient (Wildman–Crippen LogP) is 5.05. The van der Waals surface area contributed by atoms with E-state index in [1.54, 1.807) is 0 Å². The van der Waals surface area contributed by atoms with Crippen molar-refractivity contribution in [3.63, 3.8) is 0 Å². The van der Waals surface area contributed by atoms with Crippen molar-refractivity contribution in [1.82, 2.24) is 0 Å². The van der Waals surface area contributed by atoms with Crippen LogP contribution in [0.25, 0.3) is 5.57 Å². The van der Waals surface area contributed by atoms with Gasteiger partial charge in [0.25, 0.3) is 0 Å². The van der Waals surface area contributed by atoms with Crippen LogP contribution in [0.5, 0.6) is 0 Å². The molecule has 0 radical (unpaired) electrons. The average Bonchev–Trinajstić information content (AvgIpc) is 2.80. The van der Waals surface area contributed by atoms with Crippen LogP contribution in [-0.2, 0) is 5.54 Å². The molecule has 0 saturated heterocycles. The van der Waals surface area contributed by atoms with Crippen LogP contribution in [-0.4, -0.2) is 5.71 Å². The van der Waals surface area contributed by atoms with Crippen molar-refractivity contribution < 1.29 is 0 Å². The Morgan fingerprint density at radius 2 is 1.73 bits per heavy atom. The van der Waals surface area contributed by atoms with Crippen molar-refractivity contribution in [3.05, 3.63) is 76.4 Å². The van der Waals surface area contributed by atoms with Gasteiger partial charge in [0, 0.05) is 17.2 Å². The zero-order valence-corrected chi connectivity index (χ0v) is 13.6. The highest BCUT2D eigenvalue weighted by atomic mass is 14.9. The van der Waals surface area contributed by atoms with Crippen molar-refractivity contribution in [2.45, 2.75) is 33.2 Å². The smallest absolute Gasteiger partial charge is 0.112 e. The molecular formula is C21H21N. The Morgan fingerprint density at radius 3 is 2.41 bits per heavy atom. The molecule has 1 unspecified atom stereocenters. The van der Waals surface area contributed by atoms with E-state index in [1.807, 2.05) is 0 Å². The summed E-state index contributed by atoms with van der Waals surface area (Å²) in [5.74, 6) is 0.423. The quantitative estimate of drug-likeness (QED) is 0.695. The van der Waals surface area contributed by atoms with Crippen molar-refractivity contribution in [2.75, 3.05) is 0 Å². The number of hydrogen-bond donors (Lipinski definition) is 0. The van der Waals surface area contributed by atoms with Crippen LogP contribution in [0.3, 0.4) is 0 Å². The summed E-state index contributed by atoms with van der Waals surface area (Å²) in [7, 11) is 0. The normalized spacial score (nSPS) is 25.5. The maximum Gasteiger partial charge on any atom is 0.112 e. The predicted molar refractivity (Wildman–Crippen MR) is 93.4 cm³/mol. The van der Waals surface area contributed by atoms with E-state index < -0.39 is 0 Å². The van der Waals surface area contributed by atoms with E-state index in [0.29, 0.717) is 5.92 Å². The molecule has 1 aliphatic heterocycles. The zero-order chi connectivity index (χ0) is 15.5. The van der Waals surface area contributed by atoms with E-state index in [4.69, 9.17) is 4.99 Å². The molecule has 0 fully saturated rings. The van der Waals surface area contributed by atoms with Crippen LogP contribution in [0.4, 0.5) is 0 Å². The van der Waals surface area contributed by atoms with Crippen molar-refractivity contribution in [2.24, 2.45) is 10.9 Å². The lowest BCUT2D eigenvalue weighted by atomic mass is 9.64. The third-order valence-corrected chi connectivity index (χ3v) is 5.24. The standard InChI is InChI=1S/C21H21N/c1-13-10-14(2)20-16(4)22-21(19(20)11-13)12-18(15(21)3)17-8-6-5-7-9-17/h5-12,15H,1-4H3/t15?,21-/m1/s1. The van der Waals surface area contributed by atoms with E-state index in [2.05, 4.69) is 76.2 Å². The van der Waals surface area contributed by atoms with Gasteiger partial charge in [-0.1, -0.05) is 55.0 Å². The van der Waals surface area contributed by atoms with Gasteiger partial charge in [0.1, 0.15) is 5.54 Å². The SMILES string of the molecule is CC1=N[C@@]2(C=C(c3ccccc3)C2C)c2cc(C)cc(C)c21. The van der Waals surface area contributed by atoms with E-state index >= 15 is 0 Å². The topological polar surface area (TPSA) is 12.4 Å². The summed E-state index contributed by atoms with van der Waals surface area (Å²) >= 11 is 0. The van der Waals surface area contributed by atoms with Gasteiger partial charge in [-0.05, 0) is 49.1 Å². The van der Waals surface area contributed by atoms with Gasteiger partial charge >= 0.3 is 0 Å². The summed E-state index contributed by atoms with van der Waals surface area (Å²) in [6.45, 7) is 8.84. The first-order chi connectivity index (χ1) is 10.5. The molecule has 1 heteroatoms. The third-order valence-electron chi connectivity index (χ3n) is 5.24. The van der Waals surface area contributed by atoms with Crippen LogP contribution in [0.15, 0.2) is 53.5 Å². The minimum absolute atomic E-state index is 0.138. The first-order valence-electron chi connectivity index (χ1n) is 7.99. The minimum atomic E-state index is -0.138. The highest BCUT2D eigenvalue weighted by Gasteiger charge is 2.50. The number of fused-ring (bicyclic) bond motifs is 2. The number of benzene rings is 2. The van der Waals surface area contributed by atoms with E-state index in [0.717, 1.165) is 0 Å². The van der Waals surface area contributed by atoms with Crippen LogP contribution in [0.2, 0.25) is 0 Å². The molecule has 110 valence electrons. The highest BCUT2D eigenvalue weighted by Crippen LogP contribution is 2.56. The lowest BCUT2D eigenvalue weighted by Crippen LogP contribution is -2.37. The molecule has 0 aromatic heterocycles. The molecule has 2 aromatic rings. The molecule has 22 heavy (non-hydrogen) atoms. The molecule has 2 aliphatic rings. The van der Waals surface area contributed by atoms with Crippen LogP contribution in [0, 0.1) is 19.8 Å². The summed E-state index contributed by atoms with van der Waals surface area (Å²) in [5, 5.41) is 0. The number of nitrogens with zero attached hydrogens (tertiary/aromatic N) is 1. The summed E-state index contributed by atoms with van der Waals surface area (Å²) in [6.07, 6.45) is 2.38. The summed E-state index contributed by atoms with van der Waals surface area (Å²) in [6, 6.07) is 15.3. The number of rotatable bonds is 1. The van der Waals surface area contributed by atoms with E-state index in [9.17, 15) is 0 Å². The molecular weight excluding hydrogens is 266 g/mol. The molecule has 4 rings (SSSR count). The van der Waals surface area contributed by atoms with Crippen molar-refractivity contribution in [3.8, 4) is 0 Å². The second kappa shape index (κ2) is 4.42. The van der Waals surface area contributed by atoms with Crippen molar-refractivity contribution in [1.29, 1.82) is 0 Å². The Morgan fingerprint density at radius 1 is 1.00 bits per heavy atom. The van der Waals surface area contributed by atoms with Gasteiger partial charge in [-0.3, -0.25) is 4.99 Å². The van der Waals surface area contributed by atoms with Crippen LogP contribution in [0.1, 0.15) is 41.7 Å². The molecule has 1 spiro atoms. The van der Waals surface area contributed by atoms with Gasteiger partial charge in [-0.15, -0.1) is 0 Å². The first-order valence-corrected chi connectivity index (χ1v) is 7.99. The fraction of sp³-hybridized carbons (Fsp3) is 0.286. The fourth-order valence-corrected chi connectivity index (χ4v) is 4.19. The molecule has 0 N–H and O–H groups in total. The van der Waals surface area contributed by atoms with Crippen LogP contribution < -0.4 is 0 Å². The second-order valence-corrected chi connectivity index (χ2v) is 6.71. The monoisotopic (exact) mass is 287 g/mol. The molecule has 0 amide bonds. The van der Waals surface area contributed by atoms with Crippen LogP contribution >= 0.6 is 0 Å². The maximum absolute atomic E-state index is 5.09. The van der Waals surface area contributed by atoms with E-state index in [-0.39, 0.29) is 5.54 Å². The zero-order valence-electron chi connectivity index (χ0n) is 13.6. The Bertz CT molecular complexity index is 826. The number of aliphatic imine (C=N–C) groups is 1. The van der Waals surface area contributed by atoms with E-state index in [1.165, 1.54) is 39.1 Å². The largest absolute Gasteiger partial charge is 0.273 e. The Hall–Kier alpha value is -2.15. The van der Waals surface area contributed by atoms with Gasteiger partial charge in [0.05, 0.1) is 0 Å². The molecule has 2 atom stereocenters. The van der Waals surface area contributed by atoms with Gasteiger partial charge in [-0.2, -0.15) is 0 Å². The molecule has 1 nitrogen and oxygen atoms in total.